The number of rotatable bonds is 2. The van der Waals surface area contributed by atoms with Crippen LogP contribution >= 0.6 is 0 Å². The van der Waals surface area contributed by atoms with Crippen LogP contribution in [0, 0.1) is 5.82 Å². The Morgan fingerprint density at radius 1 is 1.62 bits per heavy atom. The fourth-order valence-corrected chi connectivity index (χ4v) is 2.14. The van der Waals surface area contributed by atoms with Crippen molar-refractivity contribution in [3.05, 3.63) is 12.0 Å². The van der Waals surface area contributed by atoms with E-state index < -0.39 is 28.2 Å². The molecule has 2 atom stereocenters. The van der Waals surface area contributed by atoms with Crippen molar-refractivity contribution in [2.24, 2.45) is 0 Å². The van der Waals surface area contributed by atoms with Gasteiger partial charge in [0, 0.05) is 17.7 Å². The molecule has 0 radical (unpaired) electrons. The van der Waals surface area contributed by atoms with Crippen molar-refractivity contribution >= 4 is 11.1 Å². The average Bonchev–Trinajstić information content (AvgIpc) is 2.61. The van der Waals surface area contributed by atoms with E-state index >= 15 is 0 Å². The summed E-state index contributed by atoms with van der Waals surface area (Å²) in [5.41, 5.74) is 0. The summed E-state index contributed by atoms with van der Waals surface area (Å²) >= 11 is -2.63. The van der Waals surface area contributed by atoms with E-state index in [1.165, 1.54) is 0 Å². The zero-order valence-corrected chi connectivity index (χ0v) is 9.71. The van der Waals surface area contributed by atoms with E-state index in [2.05, 4.69) is 5.10 Å². The van der Waals surface area contributed by atoms with Crippen molar-refractivity contribution in [1.82, 2.24) is 9.78 Å². The quantitative estimate of drug-likeness (QED) is 0.441. The molecule has 5 nitrogen and oxygen atoms in total. The molecule has 0 aliphatic carbocycles. The Bertz CT molecular complexity index is 381. The van der Waals surface area contributed by atoms with E-state index in [1.807, 2.05) is 0 Å². The fraction of sp³-hybridized carbons (Fsp3) is 0.625. The molecule has 1 saturated heterocycles. The molecule has 1 fully saturated rings. The first-order valence-electron chi connectivity index (χ1n) is 4.64. The Labute approximate surface area is 107 Å². The minimum atomic E-state index is -2.63. The summed E-state index contributed by atoms with van der Waals surface area (Å²) in [5, 5.41) is 3.26. The molecule has 0 aromatic carbocycles. The summed E-state index contributed by atoms with van der Waals surface area (Å²) in [7, 11) is 0. The molecule has 0 N–H and O–H groups in total. The van der Waals surface area contributed by atoms with Gasteiger partial charge < -0.3 is 9.29 Å². The first-order chi connectivity index (χ1) is 7.20. The zero-order chi connectivity index (χ0) is 10.8. The van der Waals surface area contributed by atoms with Crippen LogP contribution in [0.3, 0.4) is 0 Å². The second-order valence-electron chi connectivity index (χ2n) is 3.30. The Kier molecular flexibility index (Phi) is 5.15. The van der Waals surface area contributed by atoms with Gasteiger partial charge in [0.1, 0.15) is 5.03 Å². The summed E-state index contributed by atoms with van der Waals surface area (Å²) < 4.78 is 41.1. The summed E-state index contributed by atoms with van der Waals surface area (Å²) in [6.45, 7) is 0.553. The maximum Gasteiger partial charge on any atom is 1.00 e. The van der Waals surface area contributed by atoms with Gasteiger partial charge in [-0.25, -0.2) is 9.07 Å². The number of aromatic nitrogens is 2. The van der Waals surface area contributed by atoms with Gasteiger partial charge in [0.25, 0.3) is 0 Å². The van der Waals surface area contributed by atoms with Crippen LogP contribution in [0.15, 0.2) is 11.2 Å². The molecule has 0 amide bonds. The van der Waals surface area contributed by atoms with E-state index in [0.29, 0.717) is 13.0 Å². The summed E-state index contributed by atoms with van der Waals surface area (Å²) in [6.07, 6.45) is 2.96. The van der Waals surface area contributed by atoms with Crippen LogP contribution in [0.5, 0.6) is 0 Å². The number of nitrogens with zero attached hydrogens (tertiary/aromatic N) is 2. The van der Waals surface area contributed by atoms with Crippen LogP contribution in [0.25, 0.3) is 0 Å². The normalized spacial score (nSPS) is 22.5. The van der Waals surface area contributed by atoms with Gasteiger partial charge in [-0.15, -0.1) is 0 Å². The second kappa shape index (κ2) is 5.94. The second-order valence-corrected chi connectivity index (χ2v) is 4.15. The smallest absolute Gasteiger partial charge is 0.767 e. The van der Waals surface area contributed by atoms with E-state index in [1.54, 1.807) is 0 Å². The topological polar surface area (TPSA) is 67.2 Å². The Hall–Kier alpha value is -0.193. The van der Waals surface area contributed by atoms with E-state index in [-0.39, 0.29) is 18.9 Å². The number of halogens is 1. The molecule has 16 heavy (non-hydrogen) atoms. The predicted octanol–water partition coefficient (Wildman–Crippen LogP) is -2.04. The van der Waals surface area contributed by atoms with Crippen LogP contribution in [0.1, 0.15) is 25.5 Å². The van der Waals surface area contributed by atoms with Crippen molar-refractivity contribution in [3.8, 4) is 0 Å². The van der Waals surface area contributed by atoms with Crippen LogP contribution in [-0.4, -0.2) is 25.1 Å². The molecule has 84 valence electrons. The van der Waals surface area contributed by atoms with Crippen molar-refractivity contribution in [3.63, 3.8) is 0 Å². The van der Waals surface area contributed by atoms with Gasteiger partial charge in [0.15, 0.2) is 12.0 Å². The van der Waals surface area contributed by atoms with Crippen LogP contribution in [0.4, 0.5) is 4.39 Å². The largest absolute Gasteiger partial charge is 1.00 e. The molecular weight excluding hydrogens is 230 g/mol. The first kappa shape index (κ1) is 13.9. The monoisotopic (exact) mass is 240 g/mol. The maximum atomic E-state index is 13.1. The third kappa shape index (κ3) is 2.73. The Morgan fingerprint density at radius 2 is 2.38 bits per heavy atom. The van der Waals surface area contributed by atoms with Crippen molar-refractivity contribution in [2.45, 2.75) is 30.5 Å². The third-order valence-corrected chi connectivity index (χ3v) is 2.99. The van der Waals surface area contributed by atoms with Crippen LogP contribution < -0.4 is 18.9 Å². The summed E-state index contributed by atoms with van der Waals surface area (Å²) in [5.74, 6) is -0.836. The first-order valence-corrected chi connectivity index (χ1v) is 5.71. The molecular formula is C8H10FLiN2O3S. The predicted molar refractivity (Wildman–Crippen MR) is 48.2 cm³/mol. The molecule has 2 unspecified atom stereocenters. The minimum Gasteiger partial charge on any atom is -0.767 e. The molecule has 1 aromatic heterocycles. The molecule has 8 heteroatoms. The van der Waals surface area contributed by atoms with Crippen molar-refractivity contribution in [1.29, 1.82) is 0 Å². The zero-order valence-electron chi connectivity index (χ0n) is 8.89. The van der Waals surface area contributed by atoms with Gasteiger partial charge in [0.2, 0.25) is 0 Å². The molecule has 1 aliphatic rings. The number of hydrogen-bond acceptors (Lipinski definition) is 4. The van der Waals surface area contributed by atoms with Gasteiger partial charge in [-0.2, -0.15) is 5.10 Å². The van der Waals surface area contributed by atoms with Gasteiger partial charge in [0.05, 0.1) is 6.20 Å². The van der Waals surface area contributed by atoms with Crippen LogP contribution in [-0.2, 0) is 15.8 Å². The Morgan fingerprint density at radius 3 is 2.94 bits per heavy atom. The fourth-order valence-electron chi connectivity index (χ4n) is 1.61. The number of ether oxygens (including phenoxy) is 1. The standard InChI is InChI=1S/C8H11FN2O3S.Li/c9-6-5-10-11(8(6)15(12)13)7-3-1-2-4-14-7;/h5,7H,1-4H2,(H,12,13);/q;+1/p-1. The van der Waals surface area contributed by atoms with Crippen molar-refractivity contribution in [2.75, 3.05) is 6.61 Å². The average molecular weight is 240 g/mol. The van der Waals surface area contributed by atoms with Gasteiger partial charge >= 0.3 is 18.9 Å². The van der Waals surface area contributed by atoms with E-state index in [9.17, 15) is 13.2 Å². The van der Waals surface area contributed by atoms with Gasteiger partial charge in [-0.05, 0) is 19.3 Å². The SMILES string of the molecule is O=S([O-])c1c(F)cnn1C1CCCCO1.[Li+]. The molecule has 0 spiro atoms. The molecule has 0 bridgehead atoms. The Balaban J connectivity index is 0.00000128. The molecule has 1 aromatic rings. The molecule has 1 aliphatic heterocycles. The van der Waals surface area contributed by atoms with Crippen molar-refractivity contribution < 1.29 is 36.7 Å². The van der Waals surface area contributed by atoms with Gasteiger partial charge in [-0.3, -0.25) is 4.21 Å². The molecule has 0 saturated carbocycles. The maximum absolute atomic E-state index is 13.1. The number of hydrogen-bond donors (Lipinski definition) is 0. The minimum absolute atomic E-state index is 0. The third-order valence-electron chi connectivity index (χ3n) is 2.29. The van der Waals surface area contributed by atoms with E-state index in [4.69, 9.17) is 4.74 Å². The molecule has 2 heterocycles. The summed E-state index contributed by atoms with van der Waals surface area (Å²) in [4.78, 5) is 0. The molecule has 2 rings (SSSR count). The summed E-state index contributed by atoms with van der Waals surface area (Å²) in [6, 6.07) is 0. The van der Waals surface area contributed by atoms with Gasteiger partial charge in [-0.1, -0.05) is 0 Å². The van der Waals surface area contributed by atoms with E-state index in [0.717, 1.165) is 23.7 Å². The van der Waals surface area contributed by atoms with Crippen LogP contribution in [0.2, 0.25) is 0 Å².